The minimum absolute atomic E-state index is 0. The fourth-order valence-corrected chi connectivity index (χ4v) is 5.61. The number of para-hydroxylation sites is 1. The van der Waals surface area contributed by atoms with E-state index in [4.69, 9.17) is 4.74 Å². The van der Waals surface area contributed by atoms with Crippen LogP contribution in [0, 0.1) is 6.92 Å². The van der Waals surface area contributed by atoms with E-state index in [1.165, 1.54) is 23.3 Å². The number of nitrogens with zero attached hydrogens (tertiary/aromatic N) is 2. The van der Waals surface area contributed by atoms with Crippen LogP contribution < -0.4 is 21.9 Å². The molecule has 4 rings (SSSR count). The van der Waals surface area contributed by atoms with E-state index in [9.17, 15) is 4.79 Å². The summed E-state index contributed by atoms with van der Waals surface area (Å²) in [6.07, 6.45) is 4.29. The molecule has 2 aromatic rings. The molecule has 0 spiro atoms. The van der Waals surface area contributed by atoms with Crippen molar-refractivity contribution in [3.63, 3.8) is 0 Å². The fraction of sp³-hybridized carbons (Fsp3) is 0.500. The molecular weight excluding hydrogens is 436 g/mol. The van der Waals surface area contributed by atoms with Gasteiger partial charge in [0.2, 0.25) is 0 Å². The number of hydrogen-bond donors (Lipinski definition) is 0. The quantitative estimate of drug-likeness (QED) is 0.647. The highest BCUT2D eigenvalue weighted by Crippen LogP contribution is 2.40. The normalized spacial score (nSPS) is 25.0. The molecule has 6 heteroatoms. The fourth-order valence-electron chi connectivity index (χ4n) is 4.71. The lowest BCUT2D eigenvalue weighted by molar-refractivity contribution is -0.931. The van der Waals surface area contributed by atoms with Crippen molar-refractivity contribution in [3.05, 3.63) is 52.2 Å². The van der Waals surface area contributed by atoms with Gasteiger partial charge in [-0.1, -0.05) is 18.2 Å². The van der Waals surface area contributed by atoms with Crippen LogP contribution in [0.2, 0.25) is 0 Å². The van der Waals surface area contributed by atoms with Gasteiger partial charge in [-0.25, -0.2) is 4.79 Å². The van der Waals surface area contributed by atoms with Crippen LogP contribution in [-0.4, -0.2) is 42.9 Å². The Morgan fingerprint density at radius 1 is 1.14 bits per heavy atom. The van der Waals surface area contributed by atoms with Crippen LogP contribution in [0.5, 0.6) is 0 Å². The van der Waals surface area contributed by atoms with Crippen LogP contribution in [0.25, 0.3) is 0 Å². The van der Waals surface area contributed by atoms with Crippen LogP contribution in [0.3, 0.4) is 0 Å². The number of carbonyl (C=O) groups excluding carboxylic acids is 1. The van der Waals surface area contributed by atoms with Crippen molar-refractivity contribution >= 4 is 23.1 Å². The van der Waals surface area contributed by atoms with Crippen molar-refractivity contribution in [2.24, 2.45) is 0 Å². The maximum atomic E-state index is 13.1. The zero-order valence-corrected chi connectivity index (χ0v) is 19.2. The molecule has 0 radical (unpaired) electrons. The molecule has 2 aliphatic rings. The molecule has 1 aromatic carbocycles. The van der Waals surface area contributed by atoms with Gasteiger partial charge in [0.05, 0.1) is 32.7 Å². The number of halogens is 1. The Labute approximate surface area is 182 Å². The highest BCUT2D eigenvalue weighted by atomic mass is 79.9. The summed E-state index contributed by atoms with van der Waals surface area (Å²) in [7, 11) is 4.66. The summed E-state index contributed by atoms with van der Waals surface area (Å²) in [5.41, 5.74) is 2.12. The van der Waals surface area contributed by atoms with Crippen LogP contribution in [0.4, 0.5) is 10.5 Å². The van der Waals surface area contributed by atoms with E-state index in [0.29, 0.717) is 18.6 Å². The third-order valence-corrected chi connectivity index (χ3v) is 7.62. The number of ether oxygens (including phenoxy) is 1. The second-order valence-electron chi connectivity index (χ2n) is 8.44. The average Bonchev–Trinajstić information content (AvgIpc) is 3.07. The maximum Gasteiger partial charge on any atom is 0.414 e. The Bertz CT molecular complexity index is 792. The first-order valence-electron chi connectivity index (χ1n) is 9.84. The molecule has 0 aliphatic carbocycles. The predicted molar refractivity (Wildman–Crippen MR) is 110 cm³/mol. The van der Waals surface area contributed by atoms with E-state index in [0.717, 1.165) is 23.0 Å². The van der Waals surface area contributed by atoms with Gasteiger partial charge in [0, 0.05) is 36.2 Å². The first kappa shape index (κ1) is 21.3. The number of amides is 1. The lowest BCUT2D eigenvalue weighted by Gasteiger charge is -2.44. The number of anilines is 1. The Morgan fingerprint density at radius 2 is 1.79 bits per heavy atom. The maximum absolute atomic E-state index is 13.1. The smallest absolute Gasteiger partial charge is 0.414 e. The molecule has 152 valence electrons. The largest absolute Gasteiger partial charge is 1.00 e. The lowest BCUT2D eigenvalue weighted by Crippen LogP contribution is -3.00. The first-order valence-corrected chi connectivity index (χ1v) is 10.7. The van der Waals surface area contributed by atoms with Crippen molar-refractivity contribution in [2.75, 3.05) is 19.0 Å². The second-order valence-corrected chi connectivity index (χ2v) is 9.44. The molecule has 0 saturated carbocycles. The summed E-state index contributed by atoms with van der Waals surface area (Å²) in [4.78, 5) is 16.1. The molecule has 2 aliphatic heterocycles. The summed E-state index contributed by atoms with van der Waals surface area (Å²) in [5, 5.41) is 2.08. The average molecular weight is 465 g/mol. The van der Waals surface area contributed by atoms with Crippen LogP contribution in [-0.2, 0) is 11.3 Å². The number of piperidine rings is 1. The Morgan fingerprint density at radius 3 is 2.36 bits per heavy atom. The number of carbonyl (C=O) groups is 1. The van der Waals surface area contributed by atoms with E-state index in [-0.39, 0.29) is 29.2 Å². The number of benzene rings is 1. The van der Waals surface area contributed by atoms with Gasteiger partial charge in [-0.3, -0.25) is 4.90 Å². The lowest BCUT2D eigenvalue weighted by atomic mass is 9.98. The van der Waals surface area contributed by atoms with Crippen LogP contribution >= 0.6 is 11.3 Å². The van der Waals surface area contributed by atoms with Gasteiger partial charge in [-0.15, -0.1) is 11.3 Å². The third kappa shape index (κ3) is 4.14. The highest BCUT2D eigenvalue weighted by Gasteiger charge is 2.50. The minimum Gasteiger partial charge on any atom is -1.00 e. The van der Waals surface area contributed by atoms with Gasteiger partial charge in [0.15, 0.2) is 0 Å². The van der Waals surface area contributed by atoms with Gasteiger partial charge >= 0.3 is 6.09 Å². The number of quaternary nitrogens is 1. The van der Waals surface area contributed by atoms with Gasteiger partial charge < -0.3 is 26.2 Å². The van der Waals surface area contributed by atoms with Crippen LogP contribution in [0.15, 0.2) is 41.8 Å². The molecule has 2 saturated heterocycles. The Balaban J connectivity index is 0.00000225. The van der Waals surface area contributed by atoms with Crippen molar-refractivity contribution in [1.82, 2.24) is 0 Å². The van der Waals surface area contributed by atoms with E-state index in [1.807, 2.05) is 30.3 Å². The number of thiophene rings is 1. The van der Waals surface area contributed by atoms with Crippen molar-refractivity contribution < 1.29 is 31.0 Å². The number of aryl methyl sites for hydroxylation is 1. The van der Waals surface area contributed by atoms with E-state index in [1.54, 1.807) is 16.2 Å². The molecule has 28 heavy (non-hydrogen) atoms. The van der Waals surface area contributed by atoms with E-state index in [2.05, 4.69) is 32.5 Å². The van der Waals surface area contributed by atoms with Gasteiger partial charge in [0.1, 0.15) is 6.10 Å². The molecule has 2 fully saturated rings. The van der Waals surface area contributed by atoms with Crippen LogP contribution in [0.1, 0.15) is 36.1 Å². The monoisotopic (exact) mass is 464 g/mol. The van der Waals surface area contributed by atoms with Crippen molar-refractivity contribution in [1.29, 1.82) is 0 Å². The Hall–Kier alpha value is -1.37. The summed E-state index contributed by atoms with van der Waals surface area (Å²) in [6, 6.07) is 13.2. The summed E-state index contributed by atoms with van der Waals surface area (Å²) in [6.45, 7) is 2.66. The van der Waals surface area contributed by atoms with Gasteiger partial charge in [-0.2, -0.15) is 0 Å². The van der Waals surface area contributed by atoms with Gasteiger partial charge in [-0.05, 0) is 36.1 Å². The highest BCUT2D eigenvalue weighted by molar-refractivity contribution is 7.10. The third-order valence-electron chi connectivity index (χ3n) is 6.61. The molecule has 3 heterocycles. The molecule has 2 bridgehead atoms. The van der Waals surface area contributed by atoms with Crippen molar-refractivity contribution in [3.8, 4) is 0 Å². The second kappa shape index (κ2) is 8.56. The zero-order chi connectivity index (χ0) is 19.0. The summed E-state index contributed by atoms with van der Waals surface area (Å²) >= 11 is 1.69. The minimum atomic E-state index is -0.217. The molecule has 0 unspecified atom stereocenters. The molecule has 1 amide bonds. The van der Waals surface area contributed by atoms with Gasteiger partial charge in [0.25, 0.3) is 0 Å². The molecule has 1 aromatic heterocycles. The SMILES string of the molecule is Cc1ccsc1CN(C(=O)O[C@H]1C[C@H]2CC[C@@H](C1)[N+]2(C)C)c1ccccc1.[Br-]. The molecular formula is C22H29BrN2O2S. The van der Waals surface area contributed by atoms with E-state index < -0.39 is 0 Å². The molecule has 3 atom stereocenters. The first-order chi connectivity index (χ1) is 12.9. The topological polar surface area (TPSA) is 29.5 Å². The Kier molecular flexibility index (Phi) is 6.52. The molecule has 0 N–H and O–H groups in total. The summed E-state index contributed by atoms with van der Waals surface area (Å²) in [5.74, 6) is 0. The van der Waals surface area contributed by atoms with E-state index >= 15 is 0 Å². The number of rotatable bonds is 4. The number of hydrogen-bond acceptors (Lipinski definition) is 3. The molecule has 4 nitrogen and oxygen atoms in total. The number of fused-ring (bicyclic) bond motifs is 2. The standard InChI is InChI=1S/C22H29N2O2S.BrH/c1-16-11-12-27-21(16)15-23(17-7-5-4-6-8-17)22(25)26-20-13-18-9-10-19(14-20)24(18,2)3;/h4-8,11-12,18-20H,9-10,13-15H2,1-3H3;1H/q+1;/p-1/t18-,19+,20+;. The summed E-state index contributed by atoms with van der Waals surface area (Å²) < 4.78 is 7.14. The van der Waals surface area contributed by atoms with Crippen molar-refractivity contribution in [2.45, 2.75) is 57.3 Å². The predicted octanol–water partition coefficient (Wildman–Crippen LogP) is 1.97. The zero-order valence-electron chi connectivity index (χ0n) is 16.8.